The first-order valence-corrected chi connectivity index (χ1v) is 7.60. The van der Waals surface area contributed by atoms with Gasteiger partial charge in [-0.1, -0.05) is 13.0 Å². The molecule has 1 aromatic carbocycles. The molecule has 0 bridgehead atoms. The van der Waals surface area contributed by atoms with Gasteiger partial charge in [0, 0.05) is 5.69 Å². The molecule has 1 aromatic rings. The molecule has 2 rings (SSSR count). The van der Waals surface area contributed by atoms with Crippen molar-refractivity contribution in [3.63, 3.8) is 0 Å². The van der Waals surface area contributed by atoms with Gasteiger partial charge in [-0.15, -0.1) is 0 Å². The minimum absolute atomic E-state index is 0.217. The molecule has 1 saturated heterocycles. The summed E-state index contributed by atoms with van der Waals surface area (Å²) in [6.45, 7) is 2.08. The van der Waals surface area contributed by atoms with E-state index in [1.807, 2.05) is 0 Å². The van der Waals surface area contributed by atoms with Crippen LogP contribution >= 0.6 is 0 Å². The number of carbonyl (C=O) groups is 4. The van der Waals surface area contributed by atoms with E-state index in [1.54, 1.807) is 13.8 Å². The molecule has 8 nitrogen and oxygen atoms in total. The number of halogens is 1. The molecular formula is C16H18FN3O5. The van der Waals surface area contributed by atoms with Crippen molar-refractivity contribution in [1.82, 2.24) is 10.2 Å². The number of imide groups is 1. The van der Waals surface area contributed by atoms with Crippen LogP contribution in [0.3, 0.4) is 0 Å². The minimum atomic E-state index is -1.05. The summed E-state index contributed by atoms with van der Waals surface area (Å²) >= 11 is 0. The zero-order chi connectivity index (χ0) is 18.6. The van der Waals surface area contributed by atoms with Crippen LogP contribution in [0.1, 0.15) is 20.3 Å². The minimum Gasteiger partial charge on any atom is -0.454 e. The van der Waals surface area contributed by atoms with E-state index < -0.39 is 48.3 Å². The van der Waals surface area contributed by atoms with Crippen LogP contribution in [0.4, 0.5) is 14.9 Å². The molecule has 0 aromatic heterocycles. The first-order chi connectivity index (χ1) is 11.7. The molecule has 25 heavy (non-hydrogen) atoms. The number of nitrogens with zero attached hydrogens (tertiary/aromatic N) is 1. The number of amides is 4. The molecule has 1 heterocycles. The number of anilines is 1. The highest BCUT2D eigenvalue weighted by atomic mass is 19.1. The highest BCUT2D eigenvalue weighted by molar-refractivity contribution is 6.08. The third kappa shape index (κ3) is 4.31. The third-order valence-electron chi connectivity index (χ3n) is 3.81. The maximum atomic E-state index is 13.0. The Kier molecular flexibility index (Phi) is 5.35. The van der Waals surface area contributed by atoms with Gasteiger partial charge in [-0.25, -0.2) is 9.18 Å². The van der Waals surface area contributed by atoms with Crippen LogP contribution in [0.25, 0.3) is 0 Å². The Hall–Kier alpha value is -2.97. The molecular weight excluding hydrogens is 333 g/mol. The largest absolute Gasteiger partial charge is 0.454 e. The number of hydrogen-bond acceptors (Lipinski definition) is 5. The smallest absolute Gasteiger partial charge is 0.326 e. The Labute approximate surface area is 143 Å². The average Bonchev–Trinajstić information content (AvgIpc) is 2.77. The van der Waals surface area contributed by atoms with Gasteiger partial charge in [-0.3, -0.25) is 19.3 Å². The lowest BCUT2D eigenvalue weighted by Crippen LogP contribution is -2.43. The van der Waals surface area contributed by atoms with Crippen LogP contribution in [0.2, 0.25) is 0 Å². The SMILES string of the molecule is CC[C@@]1(C)NC(=O)N(CC(=O)OCC(=O)Nc2cccc(F)c2)C1=O. The lowest BCUT2D eigenvalue weighted by atomic mass is 9.99. The fraction of sp³-hybridized carbons (Fsp3) is 0.375. The quantitative estimate of drug-likeness (QED) is 0.588. The number of esters is 1. The zero-order valence-corrected chi connectivity index (χ0v) is 13.8. The molecule has 1 aliphatic heterocycles. The van der Waals surface area contributed by atoms with Gasteiger partial charge in [-0.2, -0.15) is 0 Å². The van der Waals surface area contributed by atoms with Crippen LogP contribution in [-0.2, 0) is 19.1 Å². The van der Waals surface area contributed by atoms with Crippen LogP contribution in [0.5, 0.6) is 0 Å². The van der Waals surface area contributed by atoms with Gasteiger partial charge < -0.3 is 15.4 Å². The van der Waals surface area contributed by atoms with Crippen molar-refractivity contribution in [1.29, 1.82) is 0 Å². The fourth-order valence-electron chi connectivity index (χ4n) is 2.21. The predicted octanol–water partition coefficient (Wildman–Crippen LogP) is 1.03. The molecule has 1 fully saturated rings. The third-order valence-corrected chi connectivity index (χ3v) is 3.81. The second-order valence-electron chi connectivity index (χ2n) is 5.73. The molecule has 4 amide bonds. The Bertz CT molecular complexity index is 723. The van der Waals surface area contributed by atoms with Crippen LogP contribution in [0, 0.1) is 5.82 Å². The zero-order valence-electron chi connectivity index (χ0n) is 13.8. The van der Waals surface area contributed by atoms with Crippen molar-refractivity contribution in [2.45, 2.75) is 25.8 Å². The Morgan fingerprint density at radius 1 is 1.36 bits per heavy atom. The van der Waals surface area contributed by atoms with E-state index in [9.17, 15) is 23.6 Å². The molecule has 0 aliphatic carbocycles. The first kappa shape index (κ1) is 18.4. The summed E-state index contributed by atoms with van der Waals surface area (Å²) in [5, 5.41) is 4.86. The summed E-state index contributed by atoms with van der Waals surface area (Å²) in [6.07, 6.45) is 0.374. The summed E-state index contributed by atoms with van der Waals surface area (Å²) in [4.78, 5) is 48.1. The number of carbonyl (C=O) groups excluding carboxylic acids is 4. The highest BCUT2D eigenvalue weighted by Gasteiger charge is 2.47. The van der Waals surface area contributed by atoms with Crippen molar-refractivity contribution in [2.24, 2.45) is 0 Å². The summed E-state index contributed by atoms with van der Waals surface area (Å²) in [7, 11) is 0. The first-order valence-electron chi connectivity index (χ1n) is 7.60. The molecule has 134 valence electrons. The second kappa shape index (κ2) is 7.29. The van der Waals surface area contributed by atoms with Crippen LogP contribution in [0.15, 0.2) is 24.3 Å². The topological polar surface area (TPSA) is 105 Å². The normalized spacial score (nSPS) is 19.6. The average molecular weight is 351 g/mol. The number of benzene rings is 1. The number of urea groups is 1. The van der Waals surface area contributed by atoms with Gasteiger partial charge in [0.2, 0.25) is 0 Å². The Morgan fingerprint density at radius 2 is 2.08 bits per heavy atom. The predicted molar refractivity (Wildman–Crippen MR) is 84.9 cm³/mol. The second-order valence-corrected chi connectivity index (χ2v) is 5.73. The van der Waals surface area contributed by atoms with Crippen LogP contribution in [-0.4, -0.2) is 47.4 Å². The highest BCUT2D eigenvalue weighted by Crippen LogP contribution is 2.20. The van der Waals surface area contributed by atoms with E-state index in [0.29, 0.717) is 6.42 Å². The number of nitrogens with one attached hydrogen (secondary N) is 2. The lowest BCUT2D eigenvalue weighted by molar-refractivity contribution is -0.150. The molecule has 2 N–H and O–H groups in total. The fourth-order valence-corrected chi connectivity index (χ4v) is 2.21. The van der Waals surface area contributed by atoms with Crippen molar-refractivity contribution in [3.05, 3.63) is 30.1 Å². The Morgan fingerprint density at radius 3 is 2.68 bits per heavy atom. The van der Waals surface area contributed by atoms with Gasteiger partial charge in [0.05, 0.1) is 0 Å². The van der Waals surface area contributed by atoms with E-state index in [2.05, 4.69) is 10.6 Å². The summed E-state index contributed by atoms with van der Waals surface area (Å²) < 4.78 is 17.8. The van der Waals surface area contributed by atoms with Gasteiger partial charge in [0.25, 0.3) is 11.8 Å². The van der Waals surface area contributed by atoms with E-state index in [-0.39, 0.29) is 5.69 Å². The van der Waals surface area contributed by atoms with Crippen molar-refractivity contribution in [2.75, 3.05) is 18.5 Å². The molecule has 0 unspecified atom stereocenters. The van der Waals surface area contributed by atoms with Crippen molar-refractivity contribution >= 4 is 29.5 Å². The van der Waals surface area contributed by atoms with E-state index in [0.717, 1.165) is 11.0 Å². The molecule has 0 radical (unpaired) electrons. The van der Waals surface area contributed by atoms with Gasteiger partial charge in [0.1, 0.15) is 17.9 Å². The summed E-state index contributed by atoms with van der Waals surface area (Å²) in [5.74, 6) is -2.62. The standard InChI is InChI=1S/C16H18FN3O5/c1-3-16(2)14(23)20(15(24)19-16)8-13(22)25-9-12(21)18-11-6-4-5-10(17)7-11/h4-7H,3,8-9H2,1-2H3,(H,18,21)(H,19,24)/t16-/m1/s1. The van der Waals surface area contributed by atoms with E-state index in [4.69, 9.17) is 4.74 Å². The van der Waals surface area contributed by atoms with E-state index >= 15 is 0 Å². The van der Waals surface area contributed by atoms with Gasteiger partial charge >= 0.3 is 12.0 Å². The number of ether oxygens (including phenoxy) is 1. The Balaban J connectivity index is 1.83. The number of hydrogen-bond donors (Lipinski definition) is 2. The van der Waals surface area contributed by atoms with E-state index in [1.165, 1.54) is 18.2 Å². The molecule has 9 heteroatoms. The van der Waals surface area contributed by atoms with Crippen molar-refractivity contribution in [3.8, 4) is 0 Å². The van der Waals surface area contributed by atoms with Gasteiger partial charge in [-0.05, 0) is 31.5 Å². The molecule has 0 spiro atoms. The molecule has 0 saturated carbocycles. The maximum Gasteiger partial charge on any atom is 0.326 e. The van der Waals surface area contributed by atoms with Crippen molar-refractivity contribution < 1.29 is 28.3 Å². The summed E-state index contributed by atoms with van der Waals surface area (Å²) in [5.41, 5.74) is -0.833. The lowest BCUT2D eigenvalue weighted by Gasteiger charge is -2.18. The van der Waals surface area contributed by atoms with Crippen LogP contribution < -0.4 is 10.6 Å². The summed E-state index contributed by atoms with van der Waals surface area (Å²) in [6, 6.07) is 4.53. The monoisotopic (exact) mass is 351 g/mol. The number of rotatable bonds is 6. The van der Waals surface area contributed by atoms with Gasteiger partial charge in [0.15, 0.2) is 6.61 Å². The molecule has 1 aliphatic rings. The molecule has 1 atom stereocenters. The maximum absolute atomic E-state index is 13.0.